The average molecular weight is 354 g/mol. The number of nitrogens with zero attached hydrogens (tertiary/aromatic N) is 2. The molecule has 0 amide bonds. The molecule has 1 unspecified atom stereocenters. The molecule has 26 heavy (non-hydrogen) atoms. The summed E-state index contributed by atoms with van der Waals surface area (Å²) in [7, 11) is 0. The number of carbonyl (C=O) groups is 1. The first kappa shape index (κ1) is 18.1. The molecule has 1 aliphatic heterocycles. The second-order valence-corrected chi connectivity index (χ2v) is 6.39. The molecule has 0 saturated carbocycles. The summed E-state index contributed by atoms with van der Waals surface area (Å²) in [5.41, 5.74) is 0.925. The van der Waals surface area contributed by atoms with E-state index in [1.165, 1.54) is 30.7 Å². The van der Waals surface area contributed by atoms with Crippen molar-refractivity contribution in [1.29, 1.82) is 0 Å². The molecule has 0 aromatic heterocycles. The van der Waals surface area contributed by atoms with Gasteiger partial charge in [-0.3, -0.25) is 19.8 Å². The molecule has 1 saturated heterocycles. The Morgan fingerprint density at radius 2 is 1.77 bits per heavy atom. The normalized spacial score (nSPS) is 17.2. The number of likely N-dealkylation sites (tertiary alicyclic amines) is 1. The van der Waals surface area contributed by atoms with Crippen LogP contribution in [0, 0.1) is 10.1 Å². The van der Waals surface area contributed by atoms with Gasteiger partial charge in [-0.1, -0.05) is 6.92 Å². The van der Waals surface area contributed by atoms with Crippen LogP contribution >= 0.6 is 0 Å². The fraction of sp³-hybridized carbons (Fsp3) is 0.350. The topological polar surface area (TPSA) is 72.7 Å². The lowest BCUT2D eigenvalue weighted by Gasteiger charge is -2.22. The maximum atomic E-state index is 12.5. The Hall–Kier alpha value is -2.73. The van der Waals surface area contributed by atoms with Crippen LogP contribution in [0.5, 0.6) is 5.75 Å². The minimum absolute atomic E-state index is 0.0293. The number of nitro groups is 1. The highest BCUT2D eigenvalue weighted by Crippen LogP contribution is 2.20. The van der Waals surface area contributed by atoms with Gasteiger partial charge < -0.3 is 4.74 Å². The van der Waals surface area contributed by atoms with Crippen LogP contribution in [0.1, 0.15) is 35.7 Å². The summed E-state index contributed by atoms with van der Waals surface area (Å²) < 4.78 is 5.88. The SMILES string of the molecule is CCN1CCCC1COc1ccc(C(=O)c2ccc([N+](=O)[O-])cc2)cc1. The predicted molar refractivity (Wildman–Crippen MR) is 98.7 cm³/mol. The van der Waals surface area contributed by atoms with Gasteiger partial charge in [0, 0.05) is 29.3 Å². The summed E-state index contributed by atoms with van der Waals surface area (Å²) in [5, 5.41) is 10.7. The monoisotopic (exact) mass is 354 g/mol. The molecular formula is C20H22N2O4. The van der Waals surface area contributed by atoms with Gasteiger partial charge in [0.15, 0.2) is 5.78 Å². The molecule has 1 aliphatic rings. The summed E-state index contributed by atoms with van der Waals surface area (Å²) in [6.07, 6.45) is 2.37. The van der Waals surface area contributed by atoms with Crippen molar-refractivity contribution in [3.8, 4) is 5.75 Å². The van der Waals surface area contributed by atoms with E-state index in [1.54, 1.807) is 24.3 Å². The van der Waals surface area contributed by atoms with Gasteiger partial charge in [0.2, 0.25) is 0 Å². The molecule has 0 aliphatic carbocycles. The Morgan fingerprint density at radius 3 is 2.35 bits per heavy atom. The minimum atomic E-state index is -0.482. The van der Waals surface area contributed by atoms with Gasteiger partial charge in [0.1, 0.15) is 12.4 Å². The largest absolute Gasteiger partial charge is 0.492 e. The molecule has 2 aromatic carbocycles. The van der Waals surface area contributed by atoms with E-state index < -0.39 is 4.92 Å². The lowest BCUT2D eigenvalue weighted by atomic mass is 10.0. The van der Waals surface area contributed by atoms with Crippen LogP contribution in [0.25, 0.3) is 0 Å². The fourth-order valence-corrected chi connectivity index (χ4v) is 3.30. The van der Waals surface area contributed by atoms with Crippen molar-refractivity contribution in [2.24, 2.45) is 0 Å². The van der Waals surface area contributed by atoms with Gasteiger partial charge in [0.25, 0.3) is 5.69 Å². The van der Waals surface area contributed by atoms with E-state index in [9.17, 15) is 14.9 Å². The van der Waals surface area contributed by atoms with Gasteiger partial charge >= 0.3 is 0 Å². The Kier molecular flexibility index (Phi) is 5.63. The average Bonchev–Trinajstić information content (AvgIpc) is 3.14. The number of hydrogen-bond acceptors (Lipinski definition) is 5. The zero-order valence-electron chi connectivity index (χ0n) is 14.8. The van der Waals surface area contributed by atoms with E-state index >= 15 is 0 Å². The van der Waals surface area contributed by atoms with Gasteiger partial charge in [-0.15, -0.1) is 0 Å². The van der Waals surface area contributed by atoms with Crippen molar-refractivity contribution < 1.29 is 14.5 Å². The highest BCUT2D eigenvalue weighted by molar-refractivity contribution is 6.09. The number of non-ortho nitro benzene ring substituents is 1. The van der Waals surface area contributed by atoms with Crippen molar-refractivity contribution >= 4 is 11.5 Å². The minimum Gasteiger partial charge on any atom is -0.492 e. The van der Waals surface area contributed by atoms with Crippen LogP contribution in [0.2, 0.25) is 0 Å². The van der Waals surface area contributed by atoms with Gasteiger partial charge in [-0.25, -0.2) is 0 Å². The van der Waals surface area contributed by atoms with E-state index in [4.69, 9.17) is 4.74 Å². The molecule has 0 bridgehead atoms. The smallest absolute Gasteiger partial charge is 0.269 e. The number of ether oxygens (including phenoxy) is 1. The molecule has 6 nitrogen and oxygen atoms in total. The molecule has 3 rings (SSSR count). The summed E-state index contributed by atoms with van der Waals surface area (Å²) in [4.78, 5) is 25.1. The zero-order chi connectivity index (χ0) is 18.5. The van der Waals surface area contributed by atoms with E-state index in [2.05, 4.69) is 11.8 Å². The summed E-state index contributed by atoms with van der Waals surface area (Å²) in [5.74, 6) is 0.576. The van der Waals surface area contributed by atoms with Crippen LogP contribution < -0.4 is 4.74 Å². The Bertz CT molecular complexity index is 771. The quantitative estimate of drug-likeness (QED) is 0.431. The van der Waals surface area contributed by atoms with Crippen molar-refractivity contribution in [3.63, 3.8) is 0 Å². The third kappa shape index (κ3) is 4.08. The van der Waals surface area contributed by atoms with Gasteiger partial charge in [-0.05, 0) is 62.3 Å². The summed E-state index contributed by atoms with van der Waals surface area (Å²) in [6, 6.07) is 13.1. The lowest BCUT2D eigenvalue weighted by Crippen LogP contribution is -2.33. The van der Waals surface area contributed by atoms with Crippen LogP contribution in [-0.2, 0) is 0 Å². The maximum absolute atomic E-state index is 12.5. The van der Waals surface area contributed by atoms with Crippen molar-refractivity contribution in [2.45, 2.75) is 25.8 Å². The van der Waals surface area contributed by atoms with Gasteiger partial charge in [-0.2, -0.15) is 0 Å². The first-order valence-electron chi connectivity index (χ1n) is 8.84. The van der Waals surface area contributed by atoms with Crippen LogP contribution in [-0.4, -0.2) is 41.3 Å². The van der Waals surface area contributed by atoms with Crippen LogP contribution in [0.4, 0.5) is 5.69 Å². The zero-order valence-corrected chi connectivity index (χ0v) is 14.8. The van der Waals surface area contributed by atoms with E-state index in [0.717, 1.165) is 25.3 Å². The van der Waals surface area contributed by atoms with E-state index in [0.29, 0.717) is 23.8 Å². The molecule has 136 valence electrons. The summed E-state index contributed by atoms with van der Waals surface area (Å²) >= 11 is 0. The first-order chi connectivity index (χ1) is 12.6. The molecule has 0 spiro atoms. The number of rotatable bonds is 7. The molecule has 1 fully saturated rings. The van der Waals surface area contributed by atoms with Crippen molar-refractivity contribution in [3.05, 3.63) is 69.8 Å². The Labute approximate surface area is 152 Å². The maximum Gasteiger partial charge on any atom is 0.269 e. The molecule has 0 N–H and O–H groups in total. The van der Waals surface area contributed by atoms with Crippen LogP contribution in [0.3, 0.4) is 0 Å². The standard InChI is InChI=1S/C20H22N2O4/c1-2-21-13-3-4-18(21)14-26-19-11-7-16(8-12-19)20(23)15-5-9-17(10-6-15)22(24)25/h5-12,18H,2-4,13-14H2,1H3. The molecule has 1 heterocycles. The van der Waals surface area contributed by atoms with Crippen LogP contribution in [0.15, 0.2) is 48.5 Å². The Morgan fingerprint density at radius 1 is 1.15 bits per heavy atom. The number of hydrogen-bond donors (Lipinski definition) is 0. The molecule has 1 atom stereocenters. The number of likely N-dealkylation sites (N-methyl/N-ethyl adjacent to an activating group) is 1. The first-order valence-corrected chi connectivity index (χ1v) is 8.84. The molecule has 2 aromatic rings. The number of nitro benzene ring substituents is 1. The number of carbonyl (C=O) groups excluding carboxylic acids is 1. The predicted octanol–water partition coefficient (Wildman–Crippen LogP) is 3.69. The molecular weight excluding hydrogens is 332 g/mol. The number of ketones is 1. The highest BCUT2D eigenvalue weighted by atomic mass is 16.6. The van der Waals surface area contributed by atoms with Gasteiger partial charge in [0.05, 0.1) is 4.92 Å². The second-order valence-electron chi connectivity index (χ2n) is 6.39. The second kappa shape index (κ2) is 8.10. The Balaban J connectivity index is 1.61. The molecule has 0 radical (unpaired) electrons. The van der Waals surface area contributed by atoms with Crippen molar-refractivity contribution in [2.75, 3.05) is 19.7 Å². The number of benzene rings is 2. The molecule has 6 heteroatoms. The fourth-order valence-electron chi connectivity index (χ4n) is 3.30. The van der Waals surface area contributed by atoms with E-state index in [-0.39, 0.29) is 11.5 Å². The van der Waals surface area contributed by atoms with Crippen molar-refractivity contribution in [1.82, 2.24) is 4.90 Å². The lowest BCUT2D eigenvalue weighted by molar-refractivity contribution is -0.384. The highest BCUT2D eigenvalue weighted by Gasteiger charge is 2.23. The van der Waals surface area contributed by atoms with E-state index in [1.807, 2.05) is 0 Å². The third-order valence-corrected chi connectivity index (χ3v) is 4.80. The summed E-state index contributed by atoms with van der Waals surface area (Å²) in [6.45, 7) is 4.99. The third-order valence-electron chi connectivity index (χ3n) is 4.80.